The van der Waals surface area contributed by atoms with Crippen molar-refractivity contribution in [1.29, 1.82) is 0 Å². The number of morpholine rings is 1. The second kappa shape index (κ2) is 4.55. The molecule has 0 aromatic rings. The highest BCUT2D eigenvalue weighted by Crippen LogP contribution is 2.20. The smallest absolute Gasteiger partial charge is 0.346 e. The predicted octanol–water partition coefficient (Wildman–Crippen LogP) is -0.365. The number of amides is 2. The van der Waals surface area contributed by atoms with Gasteiger partial charge in [-0.15, -0.1) is 0 Å². The summed E-state index contributed by atoms with van der Waals surface area (Å²) < 4.78 is 31.4. The molecule has 0 aromatic heterocycles. The summed E-state index contributed by atoms with van der Waals surface area (Å²) in [4.78, 5) is 14.8. The number of nitrogens with zero attached hydrogens (tertiary/aromatic N) is 2. The molecule has 19 heavy (non-hydrogen) atoms. The van der Waals surface area contributed by atoms with Gasteiger partial charge in [0.25, 0.3) is 0 Å². The maximum atomic E-state index is 12.4. The molecule has 2 heterocycles. The van der Waals surface area contributed by atoms with Crippen molar-refractivity contribution >= 4 is 21.8 Å². The van der Waals surface area contributed by atoms with Gasteiger partial charge in [0.2, 0.25) is 10.0 Å². The molecule has 1 saturated heterocycles. The van der Waals surface area contributed by atoms with Crippen molar-refractivity contribution in [2.24, 2.45) is 4.99 Å². The molecular formula is C11H13N3O4S. The first kappa shape index (κ1) is 12.5. The van der Waals surface area contributed by atoms with Crippen LogP contribution in [0, 0.1) is 0 Å². The van der Waals surface area contributed by atoms with Crippen LogP contribution in [0.3, 0.4) is 0 Å². The van der Waals surface area contributed by atoms with Crippen LogP contribution < -0.4 is 5.32 Å². The average Bonchev–Trinajstić information content (AvgIpc) is 2.78. The molecule has 7 nitrogen and oxygen atoms in total. The predicted molar refractivity (Wildman–Crippen MR) is 68.3 cm³/mol. The molecule has 102 valence electrons. The van der Waals surface area contributed by atoms with Gasteiger partial charge in [0, 0.05) is 13.1 Å². The number of rotatable bonds is 2. The van der Waals surface area contributed by atoms with Crippen LogP contribution >= 0.6 is 0 Å². The lowest BCUT2D eigenvalue weighted by atomic mass is 10.1. The van der Waals surface area contributed by atoms with Crippen molar-refractivity contribution in [2.75, 3.05) is 26.3 Å². The molecule has 1 aliphatic carbocycles. The maximum Gasteiger partial charge on any atom is 0.346 e. The fourth-order valence-electron chi connectivity index (χ4n) is 2.20. The molecule has 3 aliphatic rings. The fourth-order valence-corrected chi connectivity index (χ4v) is 3.78. The summed E-state index contributed by atoms with van der Waals surface area (Å²) in [6, 6.07) is -0.463. The first-order chi connectivity index (χ1) is 9.07. The van der Waals surface area contributed by atoms with E-state index < -0.39 is 21.3 Å². The van der Waals surface area contributed by atoms with E-state index in [1.165, 1.54) is 10.4 Å². The minimum atomic E-state index is -3.46. The van der Waals surface area contributed by atoms with E-state index in [1.54, 1.807) is 12.2 Å². The third-order valence-corrected chi connectivity index (χ3v) is 5.25. The molecule has 0 bridgehead atoms. The molecule has 1 atom stereocenters. The zero-order chi connectivity index (χ0) is 13.5. The van der Waals surface area contributed by atoms with Crippen LogP contribution in [0.15, 0.2) is 28.9 Å². The summed E-state index contributed by atoms with van der Waals surface area (Å²) >= 11 is 0. The Balaban J connectivity index is 1.85. The first-order valence-electron chi connectivity index (χ1n) is 5.94. The van der Waals surface area contributed by atoms with Gasteiger partial charge in [0.15, 0.2) is 0 Å². The summed E-state index contributed by atoms with van der Waals surface area (Å²) in [7, 11) is -3.46. The second-order valence-corrected chi connectivity index (χ2v) is 6.48. The molecule has 1 unspecified atom stereocenters. The molecule has 0 saturated carbocycles. The van der Waals surface area contributed by atoms with Crippen LogP contribution in [0.25, 0.3) is 0 Å². The standard InChI is InChI=1S/C11H13N3O4S/c15-11-12-9-2-1-8(7-10(9)13-11)19(16,17)14-3-5-18-6-4-14/h1-2,7-8H,3-6H2,(H,13,15). The van der Waals surface area contributed by atoms with Gasteiger partial charge in [0.1, 0.15) is 5.25 Å². The average molecular weight is 283 g/mol. The number of fused-ring (bicyclic) bond motifs is 1. The van der Waals surface area contributed by atoms with Crippen LogP contribution in [-0.2, 0) is 14.8 Å². The number of hydrogen-bond donors (Lipinski definition) is 1. The minimum Gasteiger partial charge on any atom is -0.379 e. The molecule has 1 fully saturated rings. The molecule has 2 amide bonds. The van der Waals surface area contributed by atoms with E-state index in [2.05, 4.69) is 10.3 Å². The third kappa shape index (κ3) is 2.22. The Morgan fingerprint density at radius 1 is 1.37 bits per heavy atom. The van der Waals surface area contributed by atoms with Crippen molar-refractivity contribution < 1.29 is 17.9 Å². The van der Waals surface area contributed by atoms with Gasteiger partial charge in [-0.1, -0.05) is 6.08 Å². The number of nitrogens with one attached hydrogen (secondary N) is 1. The number of urea groups is 1. The third-order valence-electron chi connectivity index (χ3n) is 3.19. The molecule has 2 aliphatic heterocycles. The number of ether oxygens (including phenoxy) is 1. The Hall–Kier alpha value is -1.51. The Bertz CT molecular complexity index is 599. The summed E-state index contributed by atoms with van der Waals surface area (Å²) in [5.41, 5.74) is 0.952. The van der Waals surface area contributed by atoms with Crippen molar-refractivity contribution in [3.63, 3.8) is 0 Å². The molecule has 0 aromatic carbocycles. The Kier molecular flexibility index (Phi) is 3.00. The highest BCUT2D eigenvalue weighted by molar-refractivity contribution is 7.90. The Morgan fingerprint density at radius 3 is 2.84 bits per heavy atom. The van der Waals surface area contributed by atoms with Crippen LogP contribution in [0.4, 0.5) is 4.79 Å². The van der Waals surface area contributed by atoms with Crippen LogP contribution in [-0.4, -0.2) is 56.0 Å². The van der Waals surface area contributed by atoms with E-state index >= 15 is 0 Å². The lowest BCUT2D eigenvalue weighted by Crippen LogP contribution is -2.45. The van der Waals surface area contributed by atoms with E-state index in [0.717, 1.165) is 0 Å². The maximum absolute atomic E-state index is 12.4. The molecule has 8 heteroatoms. The summed E-state index contributed by atoms with van der Waals surface area (Å²) in [5, 5.41) is 1.75. The number of carbonyl (C=O) groups excluding carboxylic acids is 1. The molecule has 1 N–H and O–H groups in total. The van der Waals surface area contributed by atoms with E-state index in [4.69, 9.17) is 4.74 Å². The lowest BCUT2D eigenvalue weighted by Gasteiger charge is -2.29. The van der Waals surface area contributed by atoms with Crippen LogP contribution in [0.5, 0.6) is 0 Å². The van der Waals surface area contributed by atoms with Gasteiger partial charge in [-0.25, -0.2) is 13.2 Å². The first-order valence-corrected chi connectivity index (χ1v) is 7.44. The lowest BCUT2D eigenvalue weighted by molar-refractivity contribution is 0.0729. The second-order valence-electron chi connectivity index (χ2n) is 4.39. The highest BCUT2D eigenvalue weighted by atomic mass is 32.2. The van der Waals surface area contributed by atoms with Crippen molar-refractivity contribution in [1.82, 2.24) is 9.62 Å². The van der Waals surface area contributed by atoms with Crippen molar-refractivity contribution in [2.45, 2.75) is 5.25 Å². The highest BCUT2D eigenvalue weighted by Gasteiger charge is 2.33. The number of carbonyl (C=O) groups is 1. The Morgan fingerprint density at radius 2 is 2.11 bits per heavy atom. The largest absolute Gasteiger partial charge is 0.379 e. The van der Waals surface area contributed by atoms with Crippen molar-refractivity contribution in [3.8, 4) is 0 Å². The molecule has 0 spiro atoms. The van der Waals surface area contributed by atoms with Gasteiger partial charge in [0.05, 0.1) is 24.6 Å². The number of sulfonamides is 1. The van der Waals surface area contributed by atoms with Gasteiger partial charge in [-0.3, -0.25) is 0 Å². The summed E-state index contributed by atoms with van der Waals surface area (Å²) in [6.45, 7) is 1.55. The topological polar surface area (TPSA) is 88.1 Å². The number of aliphatic imine (C=N–C) groups is 1. The van der Waals surface area contributed by atoms with Gasteiger partial charge in [-0.2, -0.15) is 9.30 Å². The summed E-state index contributed by atoms with van der Waals surface area (Å²) in [6.07, 6.45) is 4.64. The quantitative estimate of drug-likeness (QED) is 0.749. The number of hydrogen-bond acceptors (Lipinski definition) is 4. The van der Waals surface area contributed by atoms with E-state index in [0.29, 0.717) is 37.7 Å². The van der Waals surface area contributed by atoms with Gasteiger partial charge < -0.3 is 10.1 Å². The van der Waals surface area contributed by atoms with E-state index in [-0.39, 0.29) is 0 Å². The SMILES string of the molecule is O=C1N=C2C=CC(S(=O)(=O)N3CCOCC3)C=C2N1. The normalized spacial score (nSPS) is 27.6. The molecule has 0 radical (unpaired) electrons. The fraction of sp³-hybridized carbons (Fsp3) is 0.455. The van der Waals surface area contributed by atoms with Crippen LogP contribution in [0.1, 0.15) is 0 Å². The van der Waals surface area contributed by atoms with Gasteiger partial charge >= 0.3 is 6.03 Å². The van der Waals surface area contributed by atoms with Crippen molar-refractivity contribution in [3.05, 3.63) is 23.9 Å². The zero-order valence-electron chi connectivity index (χ0n) is 10.1. The van der Waals surface area contributed by atoms with Gasteiger partial charge in [-0.05, 0) is 12.2 Å². The monoisotopic (exact) mass is 283 g/mol. The minimum absolute atomic E-state index is 0.364. The van der Waals surface area contributed by atoms with E-state index in [9.17, 15) is 13.2 Å². The van der Waals surface area contributed by atoms with Crippen LogP contribution in [0.2, 0.25) is 0 Å². The molecule has 3 rings (SSSR count). The number of allylic oxidation sites excluding steroid dienone is 1. The molecular weight excluding hydrogens is 270 g/mol. The zero-order valence-corrected chi connectivity index (χ0v) is 10.9. The van der Waals surface area contributed by atoms with E-state index in [1.807, 2.05) is 0 Å². The Labute approximate surface area is 110 Å². The summed E-state index contributed by atoms with van der Waals surface area (Å²) in [5.74, 6) is 0.